The van der Waals surface area contributed by atoms with Gasteiger partial charge in [-0.15, -0.1) is 0 Å². The van der Waals surface area contributed by atoms with Gasteiger partial charge < -0.3 is 5.32 Å². The van der Waals surface area contributed by atoms with Crippen molar-refractivity contribution in [2.75, 3.05) is 11.1 Å². The largest absolute Gasteiger partial charge is 0.326 e. The summed E-state index contributed by atoms with van der Waals surface area (Å²) in [5, 5.41) is 7.91. The predicted molar refractivity (Wildman–Crippen MR) is 118 cm³/mol. The number of fused-ring (bicyclic) bond motifs is 2. The van der Waals surface area contributed by atoms with Crippen molar-refractivity contribution in [3.63, 3.8) is 0 Å². The Morgan fingerprint density at radius 3 is 2.84 bits per heavy atom. The third-order valence-corrected chi connectivity index (χ3v) is 6.38. The van der Waals surface area contributed by atoms with Crippen LogP contribution in [-0.4, -0.2) is 31.0 Å². The number of halogens is 2. The van der Waals surface area contributed by atoms with Crippen molar-refractivity contribution in [3.8, 4) is 5.69 Å². The third-order valence-electron chi connectivity index (χ3n) is 5.00. The maximum Gasteiger partial charge on any atom is 0.265 e. The molecule has 2 aromatic heterocycles. The molecule has 0 spiro atoms. The van der Waals surface area contributed by atoms with Gasteiger partial charge in [0.25, 0.3) is 5.56 Å². The molecule has 1 amide bonds. The molecule has 0 fully saturated rings. The Morgan fingerprint density at radius 2 is 2.06 bits per heavy atom. The monoisotopic (exact) mass is 455 g/mol. The van der Waals surface area contributed by atoms with Crippen LogP contribution < -0.4 is 10.9 Å². The highest BCUT2D eigenvalue weighted by Crippen LogP contribution is 2.33. The molecule has 1 aliphatic heterocycles. The van der Waals surface area contributed by atoms with Crippen molar-refractivity contribution in [1.29, 1.82) is 0 Å². The first-order chi connectivity index (χ1) is 15.0. The van der Waals surface area contributed by atoms with Crippen LogP contribution >= 0.6 is 23.4 Å². The summed E-state index contributed by atoms with van der Waals surface area (Å²) in [6.07, 6.45) is 1.58. The van der Waals surface area contributed by atoms with E-state index >= 15 is 0 Å². The second-order valence-corrected chi connectivity index (χ2v) is 8.44. The molecule has 1 unspecified atom stereocenters. The molecule has 4 aromatic rings. The van der Waals surface area contributed by atoms with E-state index in [1.54, 1.807) is 9.25 Å². The number of thioether (sulfide) groups is 1. The summed E-state index contributed by atoms with van der Waals surface area (Å²) >= 11 is 7.19. The summed E-state index contributed by atoms with van der Waals surface area (Å²) in [7, 11) is 0. The van der Waals surface area contributed by atoms with Gasteiger partial charge in [-0.1, -0.05) is 41.6 Å². The van der Waals surface area contributed by atoms with E-state index in [9.17, 15) is 14.0 Å². The molecule has 3 heterocycles. The number of benzene rings is 2. The summed E-state index contributed by atoms with van der Waals surface area (Å²) in [5.41, 5.74) is 1.47. The highest BCUT2D eigenvalue weighted by molar-refractivity contribution is 7.99. The summed E-state index contributed by atoms with van der Waals surface area (Å²) in [6.45, 7) is 0. The zero-order valence-electron chi connectivity index (χ0n) is 16.0. The van der Waals surface area contributed by atoms with Crippen LogP contribution in [0, 0.1) is 5.82 Å². The van der Waals surface area contributed by atoms with Crippen LogP contribution in [-0.2, 0) is 4.79 Å². The molecule has 10 heteroatoms. The number of carbonyl (C=O) groups excluding carboxylic acids is 1. The molecular weight excluding hydrogens is 441 g/mol. The van der Waals surface area contributed by atoms with E-state index in [1.807, 2.05) is 30.3 Å². The van der Waals surface area contributed by atoms with Crippen LogP contribution in [0.15, 0.2) is 64.7 Å². The van der Waals surface area contributed by atoms with Crippen molar-refractivity contribution in [2.24, 2.45) is 0 Å². The number of hydrogen-bond acceptors (Lipinski definition) is 5. The molecule has 2 aromatic carbocycles. The summed E-state index contributed by atoms with van der Waals surface area (Å²) in [4.78, 5) is 30.3. The zero-order chi connectivity index (χ0) is 21.5. The lowest BCUT2D eigenvalue weighted by atomic mass is 10.2. The van der Waals surface area contributed by atoms with Crippen LogP contribution in [0.5, 0.6) is 0 Å². The maximum absolute atomic E-state index is 13.3. The second kappa shape index (κ2) is 7.82. The van der Waals surface area contributed by atoms with E-state index in [2.05, 4.69) is 15.4 Å². The number of nitrogens with one attached hydrogen (secondary N) is 1. The van der Waals surface area contributed by atoms with Crippen molar-refractivity contribution in [3.05, 3.63) is 75.9 Å². The van der Waals surface area contributed by atoms with Gasteiger partial charge in [-0.2, -0.15) is 5.10 Å². The number of aromatic nitrogens is 4. The zero-order valence-corrected chi connectivity index (χ0v) is 17.5. The van der Waals surface area contributed by atoms with Crippen molar-refractivity contribution >= 4 is 46.0 Å². The normalized spacial score (nSPS) is 15.2. The fourth-order valence-corrected chi connectivity index (χ4v) is 4.85. The van der Waals surface area contributed by atoms with Crippen LogP contribution in [0.25, 0.3) is 16.7 Å². The minimum absolute atomic E-state index is 0.0715. The average Bonchev–Trinajstić information content (AvgIpc) is 3.36. The van der Waals surface area contributed by atoms with Gasteiger partial charge in [0.2, 0.25) is 5.91 Å². The van der Waals surface area contributed by atoms with Crippen LogP contribution in [0.1, 0.15) is 12.5 Å². The smallest absolute Gasteiger partial charge is 0.265 e. The number of para-hydroxylation sites is 1. The molecule has 1 atom stereocenters. The Hall–Kier alpha value is -3.17. The van der Waals surface area contributed by atoms with Gasteiger partial charge in [-0.3, -0.25) is 14.2 Å². The number of amides is 1. The number of nitrogens with zero attached hydrogens (tertiary/aromatic N) is 4. The molecular formula is C21H15ClFN5O2S. The SMILES string of the molecule is O=C(CC1CSc2nc3c(cnn3-c3ccccc3)c(=O)n21)Nc1ccc(F)c(Cl)c1. The van der Waals surface area contributed by atoms with E-state index in [0.717, 1.165) is 5.69 Å². The minimum atomic E-state index is -0.557. The first-order valence-corrected chi connectivity index (χ1v) is 10.8. The number of hydrogen-bond donors (Lipinski definition) is 1. The quantitative estimate of drug-likeness (QED) is 0.469. The van der Waals surface area contributed by atoms with Gasteiger partial charge in [0.1, 0.15) is 11.2 Å². The topological polar surface area (TPSA) is 81.8 Å². The van der Waals surface area contributed by atoms with Gasteiger partial charge in [0.15, 0.2) is 10.8 Å². The molecule has 1 N–H and O–H groups in total. The Morgan fingerprint density at radius 1 is 1.26 bits per heavy atom. The fraction of sp³-hybridized carbons (Fsp3) is 0.143. The molecule has 0 saturated carbocycles. The molecule has 1 aliphatic rings. The molecule has 156 valence electrons. The third kappa shape index (κ3) is 3.60. The van der Waals surface area contributed by atoms with E-state index in [1.165, 1.54) is 36.2 Å². The molecule has 0 saturated heterocycles. The minimum Gasteiger partial charge on any atom is -0.326 e. The Balaban J connectivity index is 1.43. The van der Waals surface area contributed by atoms with E-state index in [-0.39, 0.29) is 29.0 Å². The van der Waals surface area contributed by atoms with Crippen LogP contribution in [0.4, 0.5) is 10.1 Å². The lowest BCUT2D eigenvalue weighted by Gasteiger charge is -2.13. The summed E-state index contributed by atoms with van der Waals surface area (Å²) < 4.78 is 16.5. The Kier molecular flexibility index (Phi) is 4.99. The molecule has 0 bridgehead atoms. The van der Waals surface area contributed by atoms with Crippen LogP contribution in [0.3, 0.4) is 0 Å². The number of carbonyl (C=O) groups is 1. The Labute approximate surface area is 184 Å². The fourth-order valence-electron chi connectivity index (χ4n) is 3.54. The lowest BCUT2D eigenvalue weighted by molar-refractivity contribution is -0.116. The average molecular weight is 456 g/mol. The number of anilines is 1. The van der Waals surface area contributed by atoms with E-state index in [4.69, 9.17) is 11.6 Å². The van der Waals surface area contributed by atoms with Gasteiger partial charge in [0, 0.05) is 17.9 Å². The van der Waals surface area contributed by atoms with Gasteiger partial charge in [0.05, 0.1) is 22.9 Å². The summed E-state index contributed by atoms with van der Waals surface area (Å²) in [5.74, 6) is -0.308. The molecule has 0 aliphatic carbocycles. The van der Waals surface area contributed by atoms with Crippen LogP contribution in [0.2, 0.25) is 5.02 Å². The van der Waals surface area contributed by atoms with Gasteiger partial charge in [-0.25, -0.2) is 14.1 Å². The maximum atomic E-state index is 13.3. The predicted octanol–water partition coefficient (Wildman–Crippen LogP) is 4.05. The standard InChI is InChI=1S/C21H15ClFN5O2S/c22-16-8-12(6-7-17(16)23)25-18(29)9-14-11-31-21-26-19-15(20(30)27(14)21)10-24-28(19)13-4-2-1-3-5-13/h1-8,10,14H,9,11H2,(H,25,29). The highest BCUT2D eigenvalue weighted by Gasteiger charge is 2.29. The number of rotatable bonds is 4. The molecule has 0 radical (unpaired) electrons. The first-order valence-electron chi connectivity index (χ1n) is 9.44. The van der Waals surface area contributed by atoms with Crippen molar-refractivity contribution in [2.45, 2.75) is 17.6 Å². The van der Waals surface area contributed by atoms with Gasteiger partial charge >= 0.3 is 0 Å². The second-order valence-electron chi connectivity index (χ2n) is 7.04. The molecule has 7 nitrogen and oxygen atoms in total. The van der Waals surface area contributed by atoms with E-state index in [0.29, 0.717) is 27.6 Å². The molecule has 5 rings (SSSR count). The summed E-state index contributed by atoms with van der Waals surface area (Å²) in [6, 6.07) is 13.1. The highest BCUT2D eigenvalue weighted by atomic mass is 35.5. The van der Waals surface area contributed by atoms with Crippen molar-refractivity contribution in [1.82, 2.24) is 19.3 Å². The Bertz CT molecular complexity index is 1370. The van der Waals surface area contributed by atoms with E-state index < -0.39 is 5.82 Å². The first kappa shape index (κ1) is 19.8. The lowest BCUT2D eigenvalue weighted by Crippen LogP contribution is -2.27. The van der Waals surface area contributed by atoms with Crippen molar-refractivity contribution < 1.29 is 9.18 Å². The molecule has 31 heavy (non-hydrogen) atoms. The van der Waals surface area contributed by atoms with Gasteiger partial charge in [-0.05, 0) is 30.3 Å².